The fraction of sp³-hybridized carbons (Fsp3) is 0.286. The zero-order chi connectivity index (χ0) is 15.3. The minimum atomic E-state index is -0.817. The predicted octanol–water partition coefficient (Wildman–Crippen LogP) is 2.62. The largest absolute Gasteiger partial charge is 0.506 e. The second-order valence-electron chi connectivity index (χ2n) is 3.88. The van der Waals surface area contributed by atoms with Gasteiger partial charge in [0.05, 0.1) is 13.7 Å². The summed E-state index contributed by atoms with van der Waals surface area (Å²) in [5.41, 5.74) is 0.229. The van der Waals surface area contributed by atoms with Crippen LogP contribution >= 0.6 is 0 Å². The van der Waals surface area contributed by atoms with Crippen LogP contribution in [0.15, 0.2) is 17.7 Å². The fourth-order valence-electron chi connectivity index (χ4n) is 1.74. The number of rotatable bonds is 5. The lowest BCUT2D eigenvalue weighted by atomic mass is 10.0. The van der Waals surface area contributed by atoms with Gasteiger partial charge in [0, 0.05) is 17.3 Å². The van der Waals surface area contributed by atoms with Gasteiger partial charge >= 0.3 is 5.97 Å². The molecule has 2 N–H and O–H groups in total. The van der Waals surface area contributed by atoms with Crippen LogP contribution in [-0.4, -0.2) is 31.0 Å². The van der Waals surface area contributed by atoms with Crippen molar-refractivity contribution in [1.29, 1.82) is 5.41 Å². The number of hydrogen-bond acceptors (Lipinski definition) is 5. The van der Waals surface area contributed by atoms with E-state index in [1.165, 1.54) is 13.2 Å². The molecule has 0 unspecified atom stereocenters. The molecule has 0 saturated carbocycles. The van der Waals surface area contributed by atoms with E-state index in [2.05, 4.69) is 0 Å². The van der Waals surface area contributed by atoms with E-state index in [0.29, 0.717) is 11.8 Å². The first-order valence-corrected chi connectivity index (χ1v) is 5.92. The average Bonchev–Trinajstić information content (AvgIpc) is 2.40. The van der Waals surface area contributed by atoms with Crippen molar-refractivity contribution in [3.8, 4) is 5.75 Å². The minimum Gasteiger partial charge on any atom is -0.506 e. The van der Waals surface area contributed by atoms with Crippen LogP contribution in [0.25, 0.3) is 5.76 Å². The maximum absolute atomic E-state index is 13.5. The molecule has 0 aliphatic carbocycles. The Morgan fingerprint density at radius 3 is 2.65 bits per heavy atom. The number of nitrogens with one attached hydrogen (secondary N) is 1. The molecule has 20 heavy (non-hydrogen) atoms. The van der Waals surface area contributed by atoms with Gasteiger partial charge in [-0.05, 0) is 26.0 Å². The summed E-state index contributed by atoms with van der Waals surface area (Å²) < 4.78 is 23.1. The van der Waals surface area contributed by atoms with Gasteiger partial charge in [-0.1, -0.05) is 0 Å². The van der Waals surface area contributed by atoms with Crippen LogP contribution in [0, 0.1) is 18.2 Å². The van der Waals surface area contributed by atoms with Gasteiger partial charge in [0.25, 0.3) is 0 Å². The highest BCUT2D eigenvalue weighted by molar-refractivity contribution is 6.14. The van der Waals surface area contributed by atoms with Crippen LogP contribution < -0.4 is 4.74 Å². The summed E-state index contributed by atoms with van der Waals surface area (Å²) in [6.07, 6.45) is 0.697. The van der Waals surface area contributed by atoms with E-state index in [9.17, 15) is 14.3 Å². The first kappa shape index (κ1) is 15.7. The molecule has 0 amide bonds. The van der Waals surface area contributed by atoms with E-state index in [1.807, 2.05) is 0 Å². The van der Waals surface area contributed by atoms with Crippen molar-refractivity contribution in [3.63, 3.8) is 0 Å². The number of hydrogen-bond donors (Lipinski definition) is 2. The van der Waals surface area contributed by atoms with Crippen LogP contribution in [-0.2, 0) is 9.53 Å². The Labute approximate surface area is 116 Å². The molecule has 1 aromatic rings. The quantitative estimate of drug-likeness (QED) is 0.376. The summed E-state index contributed by atoms with van der Waals surface area (Å²) in [7, 11) is 1.30. The summed E-state index contributed by atoms with van der Waals surface area (Å²) in [6.45, 7) is 3.28. The van der Waals surface area contributed by atoms with Crippen LogP contribution in [0.2, 0.25) is 0 Å². The van der Waals surface area contributed by atoms with Gasteiger partial charge in [-0.2, -0.15) is 0 Å². The predicted molar refractivity (Wildman–Crippen MR) is 72.7 cm³/mol. The maximum atomic E-state index is 13.5. The molecule has 0 fully saturated rings. The third-order valence-corrected chi connectivity index (χ3v) is 2.71. The number of carbonyl (C=O) groups excluding carboxylic acids is 1. The summed E-state index contributed by atoms with van der Waals surface area (Å²) in [5, 5.41) is 17.3. The van der Waals surface area contributed by atoms with Gasteiger partial charge in [0.15, 0.2) is 11.6 Å². The van der Waals surface area contributed by atoms with Crippen molar-refractivity contribution in [3.05, 3.63) is 34.6 Å². The average molecular weight is 281 g/mol. The van der Waals surface area contributed by atoms with Gasteiger partial charge in [0.1, 0.15) is 11.3 Å². The summed E-state index contributed by atoms with van der Waals surface area (Å²) >= 11 is 0. The molecule has 108 valence electrons. The van der Waals surface area contributed by atoms with Gasteiger partial charge in [-0.25, -0.2) is 9.18 Å². The molecule has 0 aliphatic heterocycles. The molecule has 1 rings (SSSR count). The Morgan fingerprint density at radius 1 is 1.50 bits per heavy atom. The molecular formula is C14H16FNO4. The molecule has 0 aliphatic rings. The van der Waals surface area contributed by atoms with E-state index in [-0.39, 0.29) is 23.5 Å². The Kier molecular flexibility index (Phi) is 5.25. The highest BCUT2D eigenvalue weighted by Crippen LogP contribution is 2.29. The lowest BCUT2D eigenvalue weighted by Crippen LogP contribution is -2.11. The molecule has 0 aromatic heterocycles. The number of carbonyl (C=O) groups is 1. The van der Waals surface area contributed by atoms with E-state index in [1.54, 1.807) is 13.8 Å². The molecule has 0 atom stereocenters. The van der Waals surface area contributed by atoms with Gasteiger partial charge in [0.2, 0.25) is 0 Å². The summed E-state index contributed by atoms with van der Waals surface area (Å²) in [6, 6.07) is 2.43. The monoisotopic (exact) mass is 281 g/mol. The standard InChI is InChI=1S/C14H16FNO4/c1-4-20-14(18)10(7-16)12(17)9-5-6-11(15)13(19-3)8(9)2/h5-7,16-17H,4H2,1-3H3/b12-10-,16-7?. The van der Waals surface area contributed by atoms with Crippen LogP contribution in [0.4, 0.5) is 4.39 Å². The number of benzene rings is 1. The lowest BCUT2D eigenvalue weighted by Gasteiger charge is -2.12. The number of aliphatic hydroxyl groups is 1. The second kappa shape index (κ2) is 6.70. The molecule has 1 aromatic carbocycles. The number of esters is 1. The van der Waals surface area contributed by atoms with Crippen LogP contribution in [0.5, 0.6) is 5.75 Å². The van der Waals surface area contributed by atoms with Crippen molar-refractivity contribution in [2.24, 2.45) is 0 Å². The number of aliphatic hydroxyl groups excluding tert-OH is 1. The maximum Gasteiger partial charge on any atom is 0.343 e. The molecule has 0 spiro atoms. The van der Waals surface area contributed by atoms with E-state index in [4.69, 9.17) is 14.9 Å². The number of methoxy groups -OCH3 is 1. The normalized spacial score (nSPS) is 11.6. The zero-order valence-electron chi connectivity index (χ0n) is 11.5. The first-order chi connectivity index (χ1) is 9.47. The number of ether oxygens (including phenoxy) is 2. The van der Waals surface area contributed by atoms with Gasteiger partial charge in [-0.15, -0.1) is 0 Å². The zero-order valence-corrected chi connectivity index (χ0v) is 11.5. The van der Waals surface area contributed by atoms with Gasteiger partial charge in [-0.3, -0.25) is 0 Å². The van der Waals surface area contributed by atoms with E-state index < -0.39 is 17.5 Å². The molecule has 0 saturated heterocycles. The van der Waals surface area contributed by atoms with Gasteiger partial charge < -0.3 is 20.0 Å². The Balaban J connectivity index is 3.42. The van der Waals surface area contributed by atoms with Crippen molar-refractivity contribution >= 4 is 17.9 Å². The molecule has 5 nitrogen and oxygen atoms in total. The van der Waals surface area contributed by atoms with Crippen molar-refractivity contribution < 1.29 is 23.8 Å². The molecule has 6 heteroatoms. The van der Waals surface area contributed by atoms with Crippen molar-refractivity contribution in [2.75, 3.05) is 13.7 Å². The Hall–Kier alpha value is -2.37. The highest BCUT2D eigenvalue weighted by atomic mass is 19.1. The molecule has 0 radical (unpaired) electrons. The highest BCUT2D eigenvalue weighted by Gasteiger charge is 2.19. The topological polar surface area (TPSA) is 79.6 Å². The van der Waals surface area contributed by atoms with E-state index in [0.717, 1.165) is 6.07 Å². The van der Waals surface area contributed by atoms with Crippen LogP contribution in [0.1, 0.15) is 18.1 Å². The molecular weight excluding hydrogens is 265 g/mol. The Morgan fingerprint density at radius 2 is 2.15 bits per heavy atom. The van der Waals surface area contributed by atoms with Crippen LogP contribution in [0.3, 0.4) is 0 Å². The second-order valence-corrected chi connectivity index (χ2v) is 3.88. The Bertz CT molecular complexity index is 567. The molecule has 0 heterocycles. The molecule has 0 bridgehead atoms. The van der Waals surface area contributed by atoms with Crippen molar-refractivity contribution in [2.45, 2.75) is 13.8 Å². The van der Waals surface area contributed by atoms with Crippen molar-refractivity contribution in [1.82, 2.24) is 0 Å². The minimum absolute atomic E-state index is 0.0257. The number of halogens is 1. The third kappa shape index (κ3) is 2.96. The smallest absolute Gasteiger partial charge is 0.343 e. The third-order valence-electron chi connectivity index (χ3n) is 2.71. The first-order valence-electron chi connectivity index (χ1n) is 5.92. The summed E-state index contributed by atoms with van der Waals surface area (Å²) in [5.74, 6) is -1.87. The fourth-order valence-corrected chi connectivity index (χ4v) is 1.74. The van der Waals surface area contributed by atoms with E-state index >= 15 is 0 Å². The lowest BCUT2D eigenvalue weighted by molar-refractivity contribution is -0.137. The summed E-state index contributed by atoms with van der Waals surface area (Å²) in [4.78, 5) is 11.6. The SMILES string of the molecule is CCOC(=O)/C(C=N)=C(\O)c1ccc(F)c(OC)c1C.